The summed E-state index contributed by atoms with van der Waals surface area (Å²) < 4.78 is 85.4. The van der Waals surface area contributed by atoms with Gasteiger partial charge in [-0.05, 0) is 6.42 Å². The fourth-order valence-corrected chi connectivity index (χ4v) is 2.14. The van der Waals surface area contributed by atoms with Crippen LogP contribution in [0.1, 0.15) is 25.6 Å². The maximum Gasteiger partial charge on any atom is 0.444 e. The quantitative estimate of drug-likeness (QED) is 0.493. The van der Waals surface area contributed by atoms with Crippen molar-refractivity contribution in [3.05, 3.63) is 18.2 Å². The van der Waals surface area contributed by atoms with E-state index in [1.54, 1.807) is 6.92 Å². The molecule has 5 nitrogen and oxygen atoms in total. The van der Waals surface area contributed by atoms with Crippen LogP contribution in [-0.2, 0) is 29.6 Å². The maximum absolute atomic E-state index is 13.9. The van der Waals surface area contributed by atoms with Crippen LogP contribution in [0.3, 0.4) is 0 Å². The lowest BCUT2D eigenvalue weighted by Crippen LogP contribution is -2.52. The van der Waals surface area contributed by atoms with Gasteiger partial charge in [-0.2, -0.15) is 26.0 Å². The summed E-state index contributed by atoms with van der Waals surface area (Å²) in [6.07, 6.45) is 3.36. The van der Waals surface area contributed by atoms with Crippen molar-refractivity contribution in [2.24, 2.45) is 7.05 Å². The second-order valence-corrected chi connectivity index (χ2v) is 5.81. The first kappa shape index (κ1) is 16.9. The molecule has 0 saturated heterocycles. The Balaban J connectivity index is 3.39. The molecular formula is C10H15F4N2O3S+. The minimum absolute atomic E-state index is 0.0316. The SMILES string of the molecule is CCCCn1cc[n+](C)c1C(F)(F)C(F)(F)S(=O)(=O)O. The van der Waals surface area contributed by atoms with Crippen molar-refractivity contribution in [1.29, 1.82) is 0 Å². The lowest BCUT2D eigenvalue weighted by atomic mass is 10.3. The Bertz CT molecular complexity index is 583. The molecule has 0 atom stereocenters. The summed E-state index contributed by atoms with van der Waals surface area (Å²) in [4.78, 5) is 0. The van der Waals surface area contributed by atoms with E-state index < -0.39 is 27.1 Å². The van der Waals surface area contributed by atoms with Gasteiger partial charge >= 0.3 is 27.1 Å². The van der Waals surface area contributed by atoms with Crippen LogP contribution in [0.4, 0.5) is 17.6 Å². The lowest BCUT2D eigenvalue weighted by Gasteiger charge is -2.21. The van der Waals surface area contributed by atoms with Crippen LogP contribution >= 0.6 is 0 Å². The van der Waals surface area contributed by atoms with Crippen LogP contribution in [0, 0.1) is 0 Å². The number of imidazole rings is 1. The number of nitrogens with zero attached hydrogens (tertiary/aromatic N) is 2. The molecule has 1 heterocycles. The smallest absolute Gasteiger partial charge is 0.281 e. The Kier molecular flexibility index (Phi) is 4.49. The third-order valence-corrected chi connectivity index (χ3v) is 3.70. The van der Waals surface area contributed by atoms with Gasteiger partial charge in [0, 0.05) is 0 Å². The molecule has 1 aromatic rings. The highest BCUT2D eigenvalue weighted by atomic mass is 32.2. The van der Waals surface area contributed by atoms with E-state index in [-0.39, 0.29) is 6.54 Å². The van der Waals surface area contributed by atoms with E-state index in [1.807, 2.05) is 0 Å². The normalized spacial score (nSPS) is 13.8. The molecular weight excluding hydrogens is 304 g/mol. The third kappa shape index (κ3) is 2.66. The van der Waals surface area contributed by atoms with Gasteiger partial charge in [0.1, 0.15) is 12.4 Å². The predicted molar refractivity (Wildman–Crippen MR) is 60.9 cm³/mol. The van der Waals surface area contributed by atoms with Gasteiger partial charge in [0.25, 0.3) is 0 Å². The number of hydrogen-bond donors (Lipinski definition) is 1. The molecule has 116 valence electrons. The largest absolute Gasteiger partial charge is 0.444 e. The molecule has 0 saturated carbocycles. The molecule has 0 amide bonds. The van der Waals surface area contributed by atoms with Gasteiger partial charge in [-0.1, -0.05) is 13.3 Å². The molecule has 0 bridgehead atoms. The summed E-state index contributed by atoms with van der Waals surface area (Å²) in [5, 5.41) is -5.61. The van der Waals surface area contributed by atoms with E-state index in [9.17, 15) is 26.0 Å². The minimum Gasteiger partial charge on any atom is -0.281 e. The highest BCUT2D eigenvalue weighted by Gasteiger charge is 2.72. The maximum atomic E-state index is 13.9. The minimum atomic E-state index is -6.25. The van der Waals surface area contributed by atoms with Crippen molar-refractivity contribution < 1.29 is 35.1 Å². The fourth-order valence-electron chi connectivity index (χ4n) is 1.73. The molecule has 1 N–H and O–H groups in total. The second-order valence-electron chi connectivity index (χ2n) is 4.35. The van der Waals surface area contributed by atoms with Crippen molar-refractivity contribution in [1.82, 2.24) is 4.57 Å². The zero-order valence-electron chi connectivity index (χ0n) is 10.9. The molecule has 0 aromatic carbocycles. The van der Waals surface area contributed by atoms with Gasteiger partial charge in [0.05, 0.1) is 13.6 Å². The summed E-state index contributed by atoms with van der Waals surface area (Å²) in [7, 11) is -5.16. The summed E-state index contributed by atoms with van der Waals surface area (Å²) >= 11 is 0. The summed E-state index contributed by atoms with van der Waals surface area (Å²) in [5.41, 5.74) is 0. The van der Waals surface area contributed by atoms with Crippen molar-refractivity contribution in [2.75, 3.05) is 0 Å². The van der Waals surface area contributed by atoms with Gasteiger partial charge in [0.15, 0.2) is 0 Å². The van der Waals surface area contributed by atoms with Gasteiger partial charge in [0.2, 0.25) is 0 Å². The zero-order valence-corrected chi connectivity index (χ0v) is 11.7. The Morgan fingerprint density at radius 3 is 2.35 bits per heavy atom. The van der Waals surface area contributed by atoms with Crippen molar-refractivity contribution >= 4 is 10.1 Å². The third-order valence-electron chi connectivity index (χ3n) is 2.80. The molecule has 0 aliphatic rings. The highest BCUT2D eigenvalue weighted by molar-refractivity contribution is 7.86. The van der Waals surface area contributed by atoms with E-state index in [0.717, 1.165) is 24.0 Å². The van der Waals surface area contributed by atoms with Gasteiger partial charge in [-0.15, -0.1) is 0 Å². The van der Waals surface area contributed by atoms with Gasteiger partial charge in [-0.25, -0.2) is 9.13 Å². The van der Waals surface area contributed by atoms with E-state index in [1.165, 1.54) is 0 Å². The molecule has 0 radical (unpaired) electrons. The fraction of sp³-hybridized carbons (Fsp3) is 0.700. The van der Waals surface area contributed by atoms with Crippen LogP contribution in [0.2, 0.25) is 0 Å². The average Bonchev–Trinajstić information content (AvgIpc) is 2.66. The first-order chi connectivity index (χ1) is 8.96. The molecule has 0 aliphatic carbocycles. The molecule has 10 heteroatoms. The van der Waals surface area contributed by atoms with E-state index in [0.29, 0.717) is 17.4 Å². The van der Waals surface area contributed by atoms with Crippen LogP contribution in [0.15, 0.2) is 12.4 Å². The Morgan fingerprint density at radius 2 is 1.90 bits per heavy atom. The van der Waals surface area contributed by atoms with E-state index >= 15 is 0 Å². The number of aryl methyl sites for hydroxylation is 2. The molecule has 0 fully saturated rings. The Morgan fingerprint density at radius 1 is 1.35 bits per heavy atom. The predicted octanol–water partition coefficient (Wildman–Crippen LogP) is 1.69. The topological polar surface area (TPSA) is 63.2 Å². The number of aromatic nitrogens is 2. The van der Waals surface area contributed by atoms with E-state index in [2.05, 4.69) is 0 Å². The molecule has 1 rings (SSSR count). The second kappa shape index (κ2) is 5.32. The summed E-state index contributed by atoms with van der Waals surface area (Å²) in [6.45, 7) is 1.82. The number of unbranched alkanes of at least 4 members (excludes halogenated alkanes) is 1. The molecule has 1 aromatic heterocycles. The van der Waals surface area contributed by atoms with Crippen molar-refractivity contribution in [3.8, 4) is 0 Å². The number of alkyl halides is 4. The van der Waals surface area contributed by atoms with Gasteiger partial charge in [-0.3, -0.25) is 4.55 Å². The molecule has 0 aliphatic heterocycles. The first-order valence-electron chi connectivity index (χ1n) is 5.74. The monoisotopic (exact) mass is 319 g/mol. The molecule has 0 spiro atoms. The Hall–Kier alpha value is -1.16. The van der Waals surface area contributed by atoms with Gasteiger partial charge < -0.3 is 0 Å². The summed E-state index contributed by atoms with van der Waals surface area (Å²) in [5.74, 6) is -6.25. The molecule has 20 heavy (non-hydrogen) atoms. The number of rotatable bonds is 6. The lowest BCUT2D eigenvalue weighted by molar-refractivity contribution is -0.689. The molecule has 0 unspecified atom stereocenters. The standard InChI is InChI=1S/C10H14F4N2O3S/c1-3-4-5-16-7-6-15(2)8(16)9(11,12)10(13,14)20(17,18)19/h6-7H,3-5H2,1-2H3/p+1. The van der Waals surface area contributed by atoms with E-state index in [4.69, 9.17) is 4.55 Å². The van der Waals surface area contributed by atoms with Crippen molar-refractivity contribution in [2.45, 2.75) is 37.5 Å². The summed E-state index contributed by atoms with van der Waals surface area (Å²) in [6, 6.07) is 0. The number of hydrogen-bond acceptors (Lipinski definition) is 2. The van der Waals surface area contributed by atoms with Crippen LogP contribution in [0.5, 0.6) is 0 Å². The zero-order chi connectivity index (χ0) is 15.8. The number of halogens is 4. The Labute approximate surface area is 113 Å². The van der Waals surface area contributed by atoms with Crippen LogP contribution in [0.25, 0.3) is 0 Å². The van der Waals surface area contributed by atoms with Crippen LogP contribution in [-0.4, -0.2) is 22.8 Å². The first-order valence-corrected chi connectivity index (χ1v) is 7.18. The highest BCUT2D eigenvalue weighted by Crippen LogP contribution is 2.44. The van der Waals surface area contributed by atoms with Crippen LogP contribution < -0.4 is 4.57 Å². The van der Waals surface area contributed by atoms with Crippen molar-refractivity contribution in [3.63, 3.8) is 0 Å². The average molecular weight is 319 g/mol.